The van der Waals surface area contributed by atoms with Gasteiger partial charge in [0.25, 0.3) is 0 Å². The number of carbonyl (C=O) groups is 3. The second kappa shape index (κ2) is 38.6. The van der Waals surface area contributed by atoms with Gasteiger partial charge in [-0.25, -0.2) is 14.4 Å². The SMILES string of the molecule is COc1ccc(CO[C@H](/C=C\C(O)[C@H]2OC(C)(C)O[C@H]2C/C=C/c2cc(C)cc(C)c2C(=O)O)[C@H](C)O)cc1.COc1ccc(CO[C@H](/C=C\C(OC(=O)c2ccccc2)[C@H]2OC(C)(C)O[C@H]2C/C=C/c2cc(C)cc(C)c2C(=O)OCC[Si](C)(C)C)[C@H](C)O[Si](C)(C)C(C)(C)C)cc1.[3H]C.[3H]C. The number of aromatic carboxylic acids is 1. The molecular weight excluding hydrogens is 1310 g/mol. The molecule has 2 fully saturated rings. The van der Waals surface area contributed by atoms with Crippen LogP contribution in [0.1, 0.15) is 168 Å². The van der Waals surface area contributed by atoms with Crippen LogP contribution in [0, 0.1) is 27.7 Å². The van der Waals surface area contributed by atoms with Crippen molar-refractivity contribution >= 4 is 46.5 Å². The summed E-state index contributed by atoms with van der Waals surface area (Å²) < 4.78 is 78.6. The van der Waals surface area contributed by atoms with Gasteiger partial charge >= 0.3 is 17.9 Å². The van der Waals surface area contributed by atoms with E-state index in [9.17, 15) is 29.7 Å². The Morgan fingerprint density at radius 3 is 1.56 bits per heavy atom. The second-order valence-electron chi connectivity index (χ2n) is 29.5. The molecule has 101 heavy (non-hydrogen) atoms. The highest BCUT2D eigenvalue weighted by Gasteiger charge is 2.47. The minimum Gasteiger partial charge on any atom is -0.497 e. The summed E-state index contributed by atoms with van der Waals surface area (Å²) >= 11 is 0. The van der Waals surface area contributed by atoms with E-state index in [-0.39, 0.29) is 29.3 Å². The van der Waals surface area contributed by atoms with Crippen LogP contribution in [0.2, 0.25) is 43.8 Å². The Morgan fingerprint density at radius 2 is 1.09 bits per heavy atom. The standard InChI is InChI=1S/C49H70O9Si2.C31H40O8.2CH4/c1-34-31-35(2)44(47(51)53-29-30-59(10,11)12)39(32-34)21-18-22-43-45(57-49(7,8)56-43)42(55-46(50)38-19-16-15-17-20-38)28-27-41(36(3)58-60(13,14)48(4,5)6)54-33-37-23-25-40(52-9)26-24-37;1-19-16-20(2)28(30(34)35)23(17-19)8-7-9-27-29(39-31(4,5)38-27)25(33)14-15-26(21(3)32)37-18-22-10-12-24(36-6)13-11-22;;/h15-21,23-28,31-32,36,41-43,45H,22,29-30,33H2,1-14H3;7-8,10-17,21,25-27,29,32-33H,9,18H2,1-6H3,(H,34,35);2*1H4/b21-18+,28-27-;8-7+,15-14-;;/t36-,41+,42?,43-,45+;21-,25?,26+,27-,29+;;/m00../s1/i;;2*1T. The molecule has 17 nitrogen and oxygen atoms in total. The van der Waals surface area contributed by atoms with E-state index in [0.717, 1.165) is 50.9 Å². The van der Waals surface area contributed by atoms with Crippen molar-refractivity contribution < 1.29 is 84.2 Å². The van der Waals surface area contributed by atoms with Gasteiger partial charge in [-0.3, -0.25) is 0 Å². The third-order valence-electron chi connectivity index (χ3n) is 17.6. The smallest absolute Gasteiger partial charge is 0.338 e. The number of benzene rings is 5. The van der Waals surface area contributed by atoms with Crippen molar-refractivity contribution in [3.63, 3.8) is 0 Å². The van der Waals surface area contributed by atoms with E-state index in [1.165, 1.54) is 14.8 Å². The van der Waals surface area contributed by atoms with E-state index >= 15 is 0 Å². The molecule has 2 saturated heterocycles. The van der Waals surface area contributed by atoms with Gasteiger partial charge in [-0.15, -0.1) is 0 Å². The zero-order valence-electron chi connectivity index (χ0n) is 66.0. The van der Waals surface area contributed by atoms with Gasteiger partial charge in [-0.2, -0.15) is 0 Å². The van der Waals surface area contributed by atoms with E-state index in [1.54, 1.807) is 84.4 Å². The number of methoxy groups -OCH3 is 2. The van der Waals surface area contributed by atoms with E-state index in [1.807, 2.05) is 151 Å². The third kappa shape index (κ3) is 26.7. The molecule has 0 bridgehead atoms. The number of carboxylic acid groups (broad SMARTS) is 1. The highest BCUT2D eigenvalue weighted by molar-refractivity contribution is 6.76. The maximum Gasteiger partial charge on any atom is 0.338 e. The van der Waals surface area contributed by atoms with Gasteiger partial charge < -0.3 is 67.1 Å². The quantitative estimate of drug-likeness (QED) is 0.0214. The number of aryl methyl sites for hydroxylation is 4. The molecule has 10 atom stereocenters. The van der Waals surface area contributed by atoms with Crippen LogP contribution < -0.4 is 9.47 Å². The summed E-state index contributed by atoms with van der Waals surface area (Å²) in [5.41, 5.74) is 8.11. The molecule has 5 aromatic carbocycles. The highest BCUT2D eigenvalue weighted by atomic mass is 28.4. The minimum atomic E-state index is -2.21. The summed E-state index contributed by atoms with van der Waals surface area (Å²) in [7, 11) is 2.16. The van der Waals surface area contributed by atoms with Crippen molar-refractivity contribution in [3.05, 3.63) is 201 Å². The molecule has 0 amide bonds. The lowest BCUT2D eigenvalue weighted by Gasteiger charge is -2.40. The lowest BCUT2D eigenvalue weighted by Crippen LogP contribution is -2.46. The normalized spacial score (nSPS) is 19.5. The first-order valence-electron chi connectivity index (χ1n) is 36.2. The molecule has 7 rings (SSSR count). The Kier molecular flexibility index (Phi) is 31.8. The van der Waals surface area contributed by atoms with Gasteiger partial charge in [0.1, 0.15) is 48.1 Å². The molecule has 0 saturated carbocycles. The Labute approximate surface area is 608 Å². The first-order chi connectivity index (χ1) is 48.4. The molecule has 0 aromatic heterocycles. The first kappa shape index (κ1) is 83.1. The number of hydrogen-bond acceptors (Lipinski definition) is 16. The van der Waals surface area contributed by atoms with E-state index in [2.05, 4.69) is 53.5 Å². The van der Waals surface area contributed by atoms with Crippen LogP contribution in [0.15, 0.2) is 140 Å². The zero-order chi connectivity index (χ0) is 77.2. The monoisotopic (exact) mass is 1430 g/mol. The summed E-state index contributed by atoms with van der Waals surface area (Å²) in [4.78, 5) is 39.0. The fourth-order valence-electron chi connectivity index (χ4n) is 11.4. The van der Waals surface area contributed by atoms with Crippen molar-refractivity contribution in [2.24, 2.45) is 0 Å². The zero-order valence-corrected chi connectivity index (χ0v) is 66.0. The molecule has 2 heterocycles. The molecule has 0 spiro atoms. The Balaban J connectivity index is 0.000000451. The van der Waals surface area contributed by atoms with E-state index in [4.69, 9.17) is 54.5 Å². The van der Waals surface area contributed by atoms with Gasteiger partial charge in [-0.1, -0.05) is 176 Å². The van der Waals surface area contributed by atoms with Gasteiger partial charge in [0.05, 0.1) is 75.1 Å². The Bertz CT molecular complexity index is 3560. The van der Waals surface area contributed by atoms with Crippen LogP contribution in [0.5, 0.6) is 11.5 Å². The van der Waals surface area contributed by atoms with E-state index < -0.39 is 94.8 Å². The molecule has 0 aliphatic carbocycles. The molecule has 2 aliphatic heterocycles. The molecule has 2 unspecified atom stereocenters. The highest BCUT2D eigenvalue weighted by Crippen LogP contribution is 2.39. The molecular formula is C82H118O17Si2. The molecule has 2 aliphatic rings. The predicted octanol–water partition coefficient (Wildman–Crippen LogP) is 17.6. The van der Waals surface area contributed by atoms with Crippen molar-refractivity contribution in [3.8, 4) is 11.5 Å². The molecule has 5 aromatic rings. The summed E-state index contributed by atoms with van der Waals surface area (Å²) in [6, 6.07) is 32.7. The number of aliphatic hydroxyl groups is 2. The third-order valence-corrected chi connectivity index (χ3v) is 23.9. The Hall–Kier alpha value is -6.86. The number of esters is 2. The molecule has 3 N–H and O–H groups in total. The minimum absolute atomic E-state index is 0.0214. The van der Waals surface area contributed by atoms with Crippen molar-refractivity contribution in [1.82, 2.24) is 0 Å². The lowest BCUT2D eigenvalue weighted by molar-refractivity contribution is -0.153. The fourth-order valence-corrected chi connectivity index (χ4v) is 13.6. The number of rotatable bonds is 31. The fraction of sp³-hybridized carbons (Fsp3) is 0.500. The number of ether oxygens (including phenoxy) is 10. The van der Waals surface area contributed by atoms with Crippen LogP contribution in [-0.2, 0) is 55.5 Å². The molecule has 556 valence electrons. The maximum absolute atomic E-state index is 13.7. The lowest BCUT2D eigenvalue weighted by atomic mass is 9.97. The van der Waals surface area contributed by atoms with Gasteiger partial charge in [0.2, 0.25) is 0 Å². The molecule has 19 heteroatoms. The second-order valence-corrected chi connectivity index (χ2v) is 39.8. The number of aliphatic hydroxyl groups excluding tert-OH is 2. The Morgan fingerprint density at radius 1 is 0.624 bits per heavy atom. The van der Waals surface area contributed by atoms with Gasteiger partial charge in [0.15, 0.2) is 19.9 Å². The van der Waals surface area contributed by atoms with Gasteiger partial charge in [-0.05, 0) is 182 Å². The van der Waals surface area contributed by atoms with E-state index in [0.29, 0.717) is 48.3 Å². The topological polar surface area (TPSA) is 213 Å². The summed E-state index contributed by atoms with van der Waals surface area (Å²) in [6.45, 7) is 37.5. The first-order valence-corrected chi connectivity index (χ1v) is 40.8. The predicted molar refractivity (Wildman–Crippen MR) is 408 cm³/mol. The summed E-state index contributed by atoms with van der Waals surface area (Å²) in [6.07, 6.45) is 8.88. The largest absolute Gasteiger partial charge is 0.497 e. The number of carbonyl (C=O) groups excluding carboxylic acids is 2. The van der Waals surface area contributed by atoms with Crippen LogP contribution in [-0.4, -0.2) is 143 Å². The van der Waals surface area contributed by atoms with Gasteiger partial charge in [0, 0.05) is 10.8 Å². The number of hydrogen-bond donors (Lipinski definition) is 3. The molecule has 0 radical (unpaired) electrons. The van der Waals surface area contributed by atoms with Crippen LogP contribution in [0.4, 0.5) is 0 Å². The maximum atomic E-state index is 13.7. The number of carboxylic acids is 1. The average molecular weight is 1440 g/mol. The van der Waals surface area contributed by atoms with Crippen LogP contribution in [0.25, 0.3) is 12.2 Å². The van der Waals surface area contributed by atoms with Crippen molar-refractivity contribution in [1.29, 1.82) is 0 Å². The van der Waals surface area contributed by atoms with Crippen LogP contribution in [0.3, 0.4) is 0 Å². The van der Waals surface area contributed by atoms with Crippen molar-refractivity contribution in [2.75, 3.05) is 20.8 Å². The summed E-state index contributed by atoms with van der Waals surface area (Å²) in [5.74, 6) is -2.14. The van der Waals surface area contributed by atoms with Crippen LogP contribution >= 0.6 is 0 Å². The average Bonchev–Trinajstić information content (AvgIpc) is 1.76. The van der Waals surface area contributed by atoms with Crippen molar-refractivity contribution in [2.45, 2.75) is 247 Å². The summed E-state index contributed by atoms with van der Waals surface area (Å²) in [5, 5.41) is 30.8.